The quantitative estimate of drug-likeness (QED) is 0.351. The molecule has 214 valence electrons. The van der Waals surface area contributed by atoms with Crippen molar-refractivity contribution in [2.24, 2.45) is 0 Å². The SMILES string of the molecule is Cc1ccc(Cc2cccc3nc(C)n([C@H]4CCC(=O)NC4=O)c(=O)c23)c2nc(C)n(C3CCC(=O)NC3=O)c(=O)c12. The van der Waals surface area contributed by atoms with Crippen LogP contribution < -0.4 is 21.8 Å². The highest BCUT2D eigenvalue weighted by Gasteiger charge is 2.32. The summed E-state index contributed by atoms with van der Waals surface area (Å²) in [7, 11) is 0. The molecule has 0 radical (unpaired) electrons. The van der Waals surface area contributed by atoms with E-state index in [0.717, 1.165) is 0 Å². The van der Waals surface area contributed by atoms with Gasteiger partial charge in [0, 0.05) is 19.3 Å². The number of fused-ring (bicyclic) bond motifs is 2. The fourth-order valence-electron chi connectivity index (χ4n) is 6.12. The number of amides is 4. The van der Waals surface area contributed by atoms with Crippen molar-refractivity contribution >= 4 is 45.4 Å². The third-order valence-electron chi connectivity index (χ3n) is 8.14. The van der Waals surface area contributed by atoms with Gasteiger partial charge in [0.25, 0.3) is 11.1 Å². The lowest BCUT2D eigenvalue weighted by Crippen LogP contribution is -2.45. The monoisotopic (exact) mass is 568 g/mol. The fourth-order valence-corrected chi connectivity index (χ4v) is 6.12. The molecule has 4 aromatic rings. The molecule has 6 rings (SSSR count). The molecule has 1 unspecified atom stereocenters. The summed E-state index contributed by atoms with van der Waals surface area (Å²) in [6.45, 7) is 5.10. The van der Waals surface area contributed by atoms with Crippen molar-refractivity contribution < 1.29 is 19.2 Å². The first-order chi connectivity index (χ1) is 20.0. The van der Waals surface area contributed by atoms with E-state index >= 15 is 0 Å². The second-order valence-corrected chi connectivity index (χ2v) is 10.9. The first-order valence-electron chi connectivity index (χ1n) is 13.7. The summed E-state index contributed by atoms with van der Waals surface area (Å²) in [5.74, 6) is -1.10. The Morgan fingerprint density at radius 2 is 1.29 bits per heavy atom. The van der Waals surface area contributed by atoms with Gasteiger partial charge in [0.2, 0.25) is 23.6 Å². The van der Waals surface area contributed by atoms with Crippen LogP contribution in [0.2, 0.25) is 0 Å². The maximum absolute atomic E-state index is 13.9. The minimum absolute atomic E-state index is 0.124. The molecule has 0 spiro atoms. The zero-order chi connectivity index (χ0) is 29.9. The molecule has 42 heavy (non-hydrogen) atoms. The first kappa shape index (κ1) is 27.2. The number of hydrogen-bond acceptors (Lipinski definition) is 8. The van der Waals surface area contributed by atoms with Crippen molar-refractivity contribution in [3.8, 4) is 0 Å². The van der Waals surface area contributed by atoms with E-state index in [2.05, 4.69) is 15.6 Å². The van der Waals surface area contributed by atoms with Crippen LogP contribution in [0, 0.1) is 20.8 Å². The summed E-state index contributed by atoms with van der Waals surface area (Å²) >= 11 is 0. The van der Waals surface area contributed by atoms with Crippen LogP contribution in [0.1, 0.15) is 66.1 Å². The molecular weight excluding hydrogens is 540 g/mol. The summed E-state index contributed by atoms with van der Waals surface area (Å²) in [6, 6.07) is 7.31. The molecule has 12 nitrogen and oxygen atoms in total. The molecule has 2 saturated heterocycles. The maximum atomic E-state index is 13.9. The largest absolute Gasteiger partial charge is 0.295 e. The molecule has 12 heteroatoms. The Morgan fingerprint density at radius 3 is 1.88 bits per heavy atom. The van der Waals surface area contributed by atoms with Gasteiger partial charge in [0.15, 0.2) is 0 Å². The molecule has 2 N–H and O–H groups in total. The van der Waals surface area contributed by atoms with E-state index in [1.54, 1.807) is 45.0 Å². The molecule has 2 aliphatic heterocycles. The number of aromatic nitrogens is 4. The van der Waals surface area contributed by atoms with E-state index in [1.165, 1.54) is 9.13 Å². The highest BCUT2D eigenvalue weighted by molar-refractivity contribution is 6.00. The van der Waals surface area contributed by atoms with Crippen LogP contribution in [0.15, 0.2) is 39.9 Å². The van der Waals surface area contributed by atoms with Crippen LogP contribution in [0.5, 0.6) is 0 Å². The molecule has 2 aromatic carbocycles. The highest BCUT2D eigenvalue weighted by Crippen LogP contribution is 2.27. The lowest BCUT2D eigenvalue weighted by molar-refractivity contribution is -0.137. The number of benzene rings is 2. The third-order valence-corrected chi connectivity index (χ3v) is 8.14. The van der Waals surface area contributed by atoms with Crippen molar-refractivity contribution in [3.05, 3.63) is 79.4 Å². The van der Waals surface area contributed by atoms with Gasteiger partial charge in [-0.3, -0.25) is 48.5 Å². The summed E-state index contributed by atoms with van der Waals surface area (Å²) < 4.78 is 2.70. The van der Waals surface area contributed by atoms with Gasteiger partial charge in [-0.1, -0.05) is 24.3 Å². The van der Waals surface area contributed by atoms with Gasteiger partial charge in [-0.25, -0.2) is 9.97 Å². The fraction of sp³-hybridized carbons (Fsp3) is 0.333. The van der Waals surface area contributed by atoms with Gasteiger partial charge in [-0.2, -0.15) is 0 Å². The van der Waals surface area contributed by atoms with Crippen molar-refractivity contribution in [2.45, 2.75) is 65.0 Å². The standard InChI is InChI=1S/C30H28N6O6/c1-14-7-8-18(26-24(14)29(41)36(16(3)32-26)21-10-12-23(38)34-28(21)40)13-17-5-4-6-19-25(17)30(42)35(15(2)31-19)20-9-11-22(37)33-27(20)39/h4-8,20-21H,9-13H2,1-3H3,(H,33,37,39)(H,34,38,40)/t20-,21?/m0/s1. The number of carbonyl (C=O) groups excluding carboxylic acids is 4. The molecular formula is C30H28N6O6. The number of imide groups is 2. The molecule has 0 saturated carbocycles. The number of nitrogens with one attached hydrogen (secondary N) is 2. The molecule has 2 atom stereocenters. The van der Waals surface area contributed by atoms with Crippen LogP contribution in [0.25, 0.3) is 21.8 Å². The van der Waals surface area contributed by atoms with Crippen LogP contribution in [0.4, 0.5) is 0 Å². The smallest absolute Gasteiger partial charge is 0.262 e. The minimum atomic E-state index is -0.851. The number of rotatable bonds is 4. The van der Waals surface area contributed by atoms with E-state index < -0.39 is 23.9 Å². The van der Waals surface area contributed by atoms with Crippen LogP contribution in [-0.2, 0) is 25.6 Å². The lowest BCUT2D eigenvalue weighted by Gasteiger charge is -2.25. The summed E-state index contributed by atoms with van der Waals surface area (Å²) in [5, 5.41) is 5.31. The summed E-state index contributed by atoms with van der Waals surface area (Å²) in [6.07, 6.45) is 0.909. The first-order valence-corrected chi connectivity index (χ1v) is 13.7. The minimum Gasteiger partial charge on any atom is -0.295 e. The van der Waals surface area contributed by atoms with Crippen LogP contribution in [-0.4, -0.2) is 42.7 Å². The van der Waals surface area contributed by atoms with Crippen molar-refractivity contribution in [2.75, 3.05) is 0 Å². The second kappa shape index (κ2) is 10.1. The predicted octanol–water partition coefficient (Wildman–Crippen LogP) is 1.58. The third kappa shape index (κ3) is 4.39. The molecule has 2 aliphatic rings. The molecule has 2 aromatic heterocycles. The number of carbonyl (C=O) groups is 4. The number of nitrogens with zero attached hydrogens (tertiary/aromatic N) is 4. The molecule has 4 heterocycles. The zero-order valence-corrected chi connectivity index (χ0v) is 23.3. The Labute approximate surface area is 238 Å². The highest BCUT2D eigenvalue weighted by atomic mass is 16.2. The number of hydrogen-bond donors (Lipinski definition) is 2. The van der Waals surface area contributed by atoms with Crippen molar-refractivity contribution in [1.82, 2.24) is 29.7 Å². The molecule has 0 bridgehead atoms. The molecule has 0 aliphatic carbocycles. The Morgan fingerprint density at radius 1 is 0.714 bits per heavy atom. The van der Waals surface area contributed by atoms with Crippen LogP contribution in [0.3, 0.4) is 0 Å². The number of aryl methyl sites for hydroxylation is 3. The zero-order valence-electron chi connectivity index (χ0n) is 23.3. The van der Waals surface area contributed by atoms with Gasteiger partial charge >= 0.3 is 0 Å². The maximum Gasteiger partial charge on any atom is 0.262 e. The van der Waals surface area contributed by atoms with Gasteiger partial charge in [-0.05, 0) is 56.4 Å². The van der Waals surface area contributed by atoms with Crippen molar-refractivity contribution in [3.63, 3.8) is 0 Å². The van der Waals surface area contributed by atoms with Gasteiger partial charge in [-0.15, -0.1) is 0 Å². The van der Waals surface area contributed by atoms with Gasteiger partial charge < -0.3 is 0 Å². The van der Waals surface area contributed by atoms with E-state index in [1.807, 2.05) is 6.07 Å². The normalized spacial score (nSPS) is 19.3. The Kier molecular flexibility index (Phi) is 6.55. The Hall–Kier alpha value is -5.00. The van der Waals surface area contributed by atoms with Gasteiger partial charge in [0.1, 0.15) is 23.7 Å². The average molecular weight is 569 g/mol. The van der Waals surface area contributed by atoms with E-state index in [0.29, 0.717) is 50.1 Å². The summed E-state index contributed by atoms with van der Waals surface area (Å²) in [4.78, 5) is 85.7. The second-order valence-electron chi connectivity index (χ2n) is 10.9. The molecule has 2 fully saturated rings. The molecule has 4 amide bonds. The average Bonchev–Trinajstić information content (AvgIpc) is 2.92. The lowest BCUT2D eigenvalue weighted by atomic mass is 9.97. The van der Waals surface area contributed by atoms with E-state index in [-0.39, 0.29) is 55.0 Å². The Balaban J connectivity index is 1.49. The topological polar surface area (TPSA) is 162 Å². The Bertz CT molecular complexity index is 1990. The van der Waals surface area contributed by atoms with E-state index in [9.17, 15) is 28.8 Å². The summed E-state index contributed by atoms with van der Waals surface area (Å²) in [5.41, 5.74) is 2.20. The predicted molar refractivity (Wildman–Crippen MR) is 152 cm³/mol. The van der Waals surface area contributed by atoms with Crippen molar-refractivity contribution in [1.29, 1.82) is 0 Å². The van der Waals surface area contributed by atoms with Gasteiger partial charge in [0.05, 0.1) is 21.8 Å². The van der Waals surface area contributed by atoms with E-state index in [4.69, 9.17) is 4.98 Å². The van der Waals surface area contributed by atoms with Crippen LogP contribution >= 0.6 is 0 Å². The number of piperidine rings is 2.